The fourth-order valence-corrected chi connectivity index (χ4v) is 4.39. The Morgan fingerprint density at radius 1 is 1.10 bits per heavy atom. The van der Waals surface area contributed by atoms with Crippen molar-refractivity contribution in [2.75, 3.05) is 32.1 Å². The minimum absolute atomic E-state index is 0.0281. The van der Waals surface area contributed by atoms with Crippen LogP contribution in [-0.2, 0) is 21.2 Å². The summed E-state index contributed by atoms with van der Waals surface area (Å²) < 4.78 is 27.8. The number of piperidine rings is 1. The van der Waals surface area contributed by atoms with Gasteiger partial charge in [0.2, 0.25) is 15.9 Å². The minimum Gasteiger partial charge on any atom is -0.497 e. The van der Waals surface area contributed by atoms with Gasteiger partial charge in [0, 0.05) is 18.7 Å². The first kappa shape index (κ1) is 23.2. The number of nitrogens with one attached hydrogen (secondary N) is 1. The summed E-state index contributed by atoms with van der Waals surface area (Å²) in [4.78, 5) is 14.6. The second-order valence-corrected chi connectivity index (χ2v) is 9.60. The van der Waals surface area contributed by atoms with Gasteiger partial charge in [0.15, 0.2) is 0 Å². The van der Waals surface area contributed by atoms with Crippen LogP contribution in [0.4, 0.5) is 5.69 Å². The fraction of sp³-hybridized carbons (Fsp3) is 0.435. The van der Waals surface area contributed by atoms with E-state index in [1.807, 2.05) is 12.1 Å². The molecule has 3 N–H and O–H groups in total. The van der Waals surface area contributed by atoms with Crippen LogP contribution in [0.3, 0.4) is 0 Å². The molecule has 1 saturated heterocycles. The van der Waals surface area contributed by atoms with E-state index >= 15 is 0 Å². The first-order valence-corrected chi connectivity index (χ1v) is 12.2. The molecule has 31 heavy (non-hydrogen) atoms. The lowest BCUT2D eigenvalue weighted by Crippen LogP contribution is -2.35. The highest BCUT2D eigenvalue weighted by molar-refractivity contribution is 7.89. The van der Waals surface area contributed by atoms with Gasteiger partial charge in [-0.1, -0.05) is 12.1 Å². The zero-order valence-electron chi connectivity index (χ0n) is 17.9. The molecule has 0 bridgehead atoms. The van der Waals surface area contributed by atoms with E-state index in [0.29, 0.717) is 12.1 Å². The van der Waals surface area contributed by atoms with Crippen LogP contribution in [0.25, 0.3) is 0 Å². The molecule has 0 aliphatic carbocycles. The van der Waals surface area contributed by atoms with Gasteiger partial charge in [-0.15, -0.1) is 0 Å². The molecular weight excluding hydrogens is 414 g/mol. The number of sulfonamides is 1. The fourth-order valence-electron chi connectivity index (χ4n) is 3.87. The largest absolute Gasteiger partial charge is 0.497 e. The lowest BCUT2D eigenvalue weighted by molar-refractivity contribution is -0.116. The Morgan fingerprint density at radius 3 is 2.32 bits per heavy atom. The Hall–Kier alpha value is -2.42. The number of primary sulfonamides is 1. The van der Waals surface area contributed by atoms with Gasteiger partial charge in [-0.05, 0) is 86.7 Å². The summed E-state index contributed by atoms with van der Waals surface area (Å²) in [6.45, 7) is 2.76. The highest BCUT2D eigenvalue weighted by Gasteiger charge is 2.19. The average Bonchev–Trinajstić information content (AvgIpc) is 2.77. The molecule has 1 aliphatic rings. The molecule has 1 aliphatic heterocycles. The number of benzene rings is 2. The molecule has 0 atom stereocenters. The average molecular weight is 446 g/mol. The van der Waals surface area contributed by atoms with E-state index < -0.39 is 10.0 Å². The second-order valence-electron chi connectivity index (χ2n) is 8.04. The zero-order valence-corrected chi connectivity index (χ0v) is 18.7. The number of carbonyl (C=O) groups excluding carboxylic acids is 1. The number of hydrogen-bond acceptors (Lipinski definition) is 5. The Kier molecular flexibility index (Phi) is 8.06. The topological polar surface area (TPSA) is 102 Å². The Bertz CT molecular complexity index is 951. The summed E-state index contributed by atoms with van der Waals surface area (Å²) in [6.07, 6.45) is 5.00. The molecule has 8 heteroatoms. The van der Waals surface area contributed by atoms with Crippen molar-refractivity contribution in [2.45, 2.75) is 37.0 Å². The van der Waals surface area contributed by atoms with E-state index in [1.165, 1.54) is 24.1 Å². The number of rotatable bonds is 9. The maximum absolute atomic E-state index is 12.2. The third-order valence-corrected chi connectivity index (χ3v) is 6.76. The predicted molar refractivity (Wildman–Crippen MR) is 122 cm³/mol. The summed E-state index contributed by atoms with van der Waals surface area (Å²) in [6, 6.07) is 14.2. The lowest BCUT2D eigenvalue weighted by Gasteiger charge is -2.31. The first-order chi connectivity index (χ1) is 14.8. The third kappa shape index (κ3) is 7.34. The van der Waals surface area contributed by atoms with Crippen molar-refractivity contribution in [3.8, 4) is 5.75 Å². The van der Waals surface area contributed by atoms with Gasteiger partial charge in [0.25, 0.3) is 0 Å². The number of amides is 1. The standard InChI is InChI=1S/C23H31N3O4S/c1-30-21-8-4-18(5-9-21)2-3-19-12-15-26(16-13-19)17-14-23(27)25-20-6-10-22(11-7-20)31(24,28)29/h4-11,19H,2-3,12-17H2,1H3,(H,25,27)(H2,24,28,29). The van der Waals surface area contributed by atoms with Crippen molar-refractivity contribution >= 4 is 21.6 Å². The SMILES string of the molecule is COc1ccc(CCC2CCN(CCC(=O)Nc3ccc(S(N)(=O)=O)cc3)CC2)cc1. The molecule has 0 unspecified atom stereocenters. The van der Waals surface area contributed by atoms with Crippen LogP contribution >= 0.6 is 0 Å². The number of ether oxygens (including phenoxy) is 1. The van der Waals surface area contributed by atoms with Crippen LogP contribution in [0.5, 0.6) is 5.75 Å². The van der Waals surface area contributed by atoms with E-state index in [9.17, 15) is 13.2 Å². The number of nitrogens with two attached hydrogens (primary N) is 1. The molecule has 2 aromatic rings. The van der Waals surface area contributed by atoms with Crippen LogP contribution < -0.4 is 15.2 Å². The van der Waals surface area contributed by atoms with Gasteiger partial charge in [0.05, 0.1) is 12.0 Å². The van der Waals surface area contributed by atoms with Crippen LogP contribution in [0.15, 0.2) is 53.4 Å². The van der Waals surface area contributed by atoms with Crippen LogP contribution in [-0.4, -0.2) is 46.0 Å². The van der Waals surface area contributed by atoms with E-state index in [1.54, 1.807) is 19.2 Å². The number of anilines is 1. The molecule has 3 rings (SSSR count). The zero-order chi connectivity index (χ0) is 22.3. The normalized spacial score (nSPS) is 15.5. The van der Waals surface area contributed by atoms with Crippen molar-refractivity contribution in [3.63, 3.8) is 0 Å². The van der Waals surface area contributed by atoms with Gasteiger partial charge < -0.3 is 15.0 Å². The number of nitrogens with zero attached hydrogens (tertiary/aromatic N) is 1. The van der Waals surface area contributed by atoms with Crippen molar-refractivity contribution < 1.29 is 17.9 Å². The lowest BCUT2D eigenvalue weighted by atomic mass is 9.90. The van der Waals surface area contributed by atoms with E-state index in [4.69, 9.17) is 9.88 Å². The molecular formula is C23H31N3O4S. The van der Waals surface area contributed by atoms with Crippen LogP contribution in [0.2, 0.25) is 0 Å². The summed E-state index contributed by atoms with van der Waals surface area (Å²) in [5.41, 5.74) is 1.91. The molecule has 168 valence electrons. The number of aryl methyl sites for hydroxylation is 1. The van der Waals surface area contributed by atoms with Crippen LogP contribution in [0.1, 0.15) is 31.2 Å². The molecule has 0 saturated carbocycles. The monoisotopic (exact) mass is 445 g/mol. The highest BCUT2D eigenvalue weighted by atomic mass is 32.2. The molecule has 1 fully saturated rings. The van der Waals surface area contributed by atoms with E-state index in [-0.39, 0.29) is 10.8 Å². The molecule has 1 amide bonds. The Morgan fingerprint density at radius 2 is 1.74 bits per heavy atom. The van der Waals surface area contributed by atoms with Crippen molar-refractivity contribution in [3.05, 3.63) is 54.1 Å². The van der Waals surface area contributed by atoms with Crippen molar-refractivity contribution in [1.82, 2.24) is 4.90 Å². The van der Waals surface area contributed by atoms with Gasteiger partial charge in [-0.25, -0.2) is 13.6 Å². The molecule has 0 radical (unpaired) electrons. The summed E-state index contributed by atoms with van der Waals surface area (Å²) in [5, 5.41) is 7.89. The maximum atomic E-state index is 12.2. The maximum Gasteiger partial charge on any atom is 0.238 e. The molecule has 0 spiro atoms. The minimum atomic E-state index is -3.72. The quantitative estimate of drug-likeness (QED) is 0.618. The second kappa shape index (κ2) is 10.7. The molecule has 2 aromatic carbocycles. The molecule has 0 aromatic heterocycles. The van der Waals surface area contributed by atoms with Gasteiger partial charge in [0.1, 0.15) is 5.75 Å². The summed E-state index contributed by atoms with van der Waals surface area (Å²) in [7, 11) is -2.04. The van der Waals surface area contributed by atoms with E-state index in [2.05, 4.69) is 22.3 Å². The molecule has 1 heterocycles. The highest BCUT2D eigenvalue weighted by Crippen LogP contribution is 2.23. The number of methoxy groups -OCH3 is 1. The summed E-state index contributed by atoms with van der Waals surface area (Å²) >= 11 is 0. The Labute approximate surface area is 184 Å². The number of hydrogen-bond donors (Lipinski definition) is 2. The van der Waals surface area contributed by atoms with Crippen molar-refractivity contribution in [2.24, 2.45) is 11.1 Å². The van der Waals surface area contributed by atoms with Crippen molar-refractivity contribution in [1.29, 1.82) is 0 Å². The first-order valence-electron chi connectivity index (χ1n) is 10.6. The molecule has 7 nitrogen and oxygen atoms in total. The van der Waals surface area contributed by atoms with Crippen LogP contribution in [0, 0.1) is 5.92 Å². The number of carbonyl (C=O) groups is 1. The third-order valence-electron chi connectivity index (χ3n) is 5.83. The van der Waals surface area contributed by atoms with E-state index in [0.717, 1.165) is 50.6 Å². The predicted octanol–water partition coefficient (Wildman–Crippen LogP) is 3.02. The number of likely N-dealkylation sites (tertiary alicyclic amines) is 1. The summed E-state index contributed by atoms with van der Waals surface area (Å²) in [5.74, 6) is 1.54. The van der Waals surface area contributed by atoms with Gasteiger partial charge in [-0.3, -0.25) is 4.79 Å². The van der Waals surface area contributed by atoms with Gasteiger partial charge in [-0.2, -0.15) is 0 Å². The van der Waals surface area contributed by atoms with Gasteiger partial charge >= 0.3 is 0 Å². The Balaban J connectivity index is 1.34. The smallest absolute Gasteiger partial charge is 0.238 e.